The minimum absolute atomic E-state index is 0.0703. The van der Waals surface area contributed by atoms with Crippen LogP contribution in [0.3, 0.4) is 0 Å². The molecule has 2 aliphatic rings. The molecule has 1 aromatic carbocycles. The lowest BCUT2D eigenvalue weighted by Gasteiger charge is -2.27. The van der Waals surface area contributed by atoms with Crippen molar-refractivity contribution in [2.45, 2.75) is 93.2 Å². The molecular weight excluding hydrogens is 493 g/mol. The van der Waals surface area contributed by atoms with Crippen molar-refractivity contribution in [3.05, 3.63) is 28.8 Å². The summed E-state index contributed by atoms with van der Waals surface area (Å²) in [6.45, 7) is 12.3. The van der Waals surface area contributed by atoms with Crippen LogP contribution in [0, 0.1) is 0 Å². The standard InChI is InChI=1S/C23H32Cl3NO6/c1-21(2,3)12-7-11(15(29)13(8-12)22(4,5)6)9-27-10-14(28)17-16(30)18-19(31-17)33-20(32-18)23(24,25)26/h7-9,14,16-20,28-30H,10H2,1-6H3/t14?,16-,17-,18+,19+,20?/m0/s1. The fraction of sp³-hybridized carbons (Fsp3) is 0.696. The summed E-state index contributed by atoms with van der Waals surface area (Å²) in [7, 11) is 0. The molecule has 0 saturated carbocycles. The first-order chi connectivity index (χ1) is 15.0. The van der Waals surface area contributed by atoms with E-state index in [4.69, 9.17) is 49.0 Å². The second kappa shape index (κ2) is 9.43. The molecule has 0 amide bonds. The molecule has 0 bridgehead atoms. The lowest BCUT2D eigenvalue weighted by molar-refractivity contribution is -0.183. The van der Waals surface area contributed by atoms with Crippen molar-refractivity contribution in [1.29, 1.82) is 0 Å². The Kier molecular flexibility index (Phi) is 7.70. The third-order valence-electron chi connectivity index (χ3n) is 5.75. The molecule has 186 valence electrons. The molecule has 10 heteroatoms. The summed E-state index contributed by atoms with van der Waals surface area (Å²) < 4.78 is 14.6. The predicted octanol–water partition coefficient (Wildman–Crippen LogP) is 3.96. The van der Waals surface area contributed by atoms with E-state index < -0.39 is 40.8 Å². The molecule has 1 aromatic rings. The van der Waals surface area contributed by atoms with Gasteiger partial charge in [0.15, 0.2) is 6.29 Å². The molecule has 6 atom stereocenters. The second-order valence-corrected chi connectivity index (χ2v) is 13.0. The number of ether oxygens (including phenoxy) is 3. The first-order valence-electron chi connectivity index (χ1n) is 10.8. The average molecular weight is 525 g/mol. The third-order valence-corrected chi connectivity index (χ3v) is 6.29. The van der Waals surface area contributed by atoms with Gasteiger partial charge in [0.1, 0.15) is 30.2 Å². The maximum atomic E-state index is 10.8. The summed E-state index contributed by atoms with van der Waals surface area (Å²) in [5, 5.41) is 31.9. The number of phenols is 1. The smallest absolute Gasteiger partial charge is 0.241 e. The zero-order valence-electron chi connectivity index (χ0n) is 19.6. The minimum atomic E-state index is -1.83. The van der Waals surface area contributed by atoms with Gasteiger partial charge in [-0.3, -0.25) is 4.99 Å². The van der Waals surface area contributed by atoms with Crippen LogP contribution in [0.15, 0.2) is 17.1 Å². The molecule has 33 heavy (non-hydrogen) atoms. The van der Waals surface area contributed by atoms with Crippen LogP contribution in [0.4, 0.5) is 0 Å². The van der Waals surface area contributed by atoms with Crippen molar-refractivity contribution in [3.63, 3.8) is 0 Å². The largest absolute Gasteiger partial charge is 0.507 e. The Bertz CT molecular complexity index is 890. The van der Waals surface area contributed by atoms with E-state index in [0.29, 0.717) is 5.56 Å². The number of aromatic hydroxyl groups is 1. The number of fused-ring (bicyclic) bond motifs is 1. The van der Waals surface area contributed by atoms with Gasteiger partial charge in [0.25, 0.3) is 0 Å². The van der Waals surface area contributed by atoms with Gasteiger partial charge in [0.05, 0.1) is 6.54 Å². The number of phenolic OH excluding ortho intramolecular Hbond substituents is 1. The van der Waals surface area contributed by atoms with Crippen LogP contribution in [0.25, 0.3) is 0 Å². The van der Waals surface area contributed by atoms with Crippen LogP contribution in [0.1, 0.15) is 58.2 Å². The van der Waals surface area contributed by atoms with Crippen molar-refractivity contribution >= 4 is 41.0 Å². The monoisotopic (exact) mass is 523 g/mol. The van der Waals surface area contributed by atoms with Gasteiger partial charge in [-0.05, 0) is 22.5 Å². The maximum absolute atomic E-state index is 10.8. The van der Waals surface area contributed by atoms with E-state index in [1.54, 1.807) is 0 Å². The number of rotatable bonds is 4. The average Bonchev–Trinajstić information content (AvgIpc) is 3.21. The van der Waals surface area contributed by atoms with Crippen LogP contribution in [0.2, 0.25) is 0 Å². The van der Waals surface area contributed by atoms with Gasteiger partial charge in [-0.15, -0.1) is 0 Å². The van der Waals surface area contributed by atoms with Crippen LogP contribution in [0.5, 0.6) is 5.75 Å². The Hall–Kier alpha value is -0.640. The molecule has 0 spiro atoms. The molecule has 2 fully saturated rings. The number of hydrogen-bond donors (Lipinski definition) is 3. The van der Waals surface area contributed by atoms with E-state index in [2.05, 4.69) is 25.8 Å². The highest BCUT2D eigenvalue weighted by atomic mass is 35.6. The van der Waals surface area contributed by atoms with Gasteiger partial charge >= 0.3 is 0 Å². The van der Waals surface area contributed by atoms with Gasteiger partial charge in [0.2, 0.25) is 10.1 Å². The Morgan fingerprint density at radius 3 is 2.18 bits per heavy atom. The quantitative estimate of drug-likeness (QED) is 0.407. The fourth-order valence-corrected chi connectivity index (χ4v) is 4.12. The summed E-state index contributed by atoms with van der Waals surface area (Å²) in [6.07, 6.45) is -4.84. The van der Waals surface area contributed by atoms with Crippen LogP contribution in [-0.2, 0) is 25.0 Å². The third kappa shape index (κ3) is 5.96. The van der Waals surface area contributed by atoms with Crippen molar-refractivity contribution < 1.29 is 29.5 Å². The number of aliphatic imine (C=N–C) groups is 1. The molecule has 3 rings (SSSR count). The second-order valence-electron chi connectivity index (χ2n) is 10.6. The Morgan fingerprint density at radius 1 is 1.03 bits per heavy atom. The Morgan fingerprint density at radius 2 is 1.67 bits per heavy atom. The Labute approximate surface area is 209 Å². The first-order valence-corrected chi connectivity index (χ1v) is 11.9. The summed E-state index contributed by atoms with van der Waals surface area (Å²) in [6, 6.07) is 3.91. The number of halogens is 3. The van der Waals surface area contributed by atoms with Gasteiger partial charge in [-0.25, -0.2) is 0 Å². The van der Waals surface area contributed by atoms with E-state index in [0.717, 1.165) is 11.1 Å². The van der Waals surface area contributed by atoms with Crippen molar-refractivity contribution in [2.24, 2.45) is 4.99 Å². The summed E-state index contributed by atoms with van der Waals surface area (Å²) in [4.78, 5) is 4.30. The maximum Gasteiger partial charge on any atom is 0.241 e. The Balaban J connectivity index is 1.72. The van der Waals surface area contributed by atoms with E-state index in [-0.39, 0.29) is 23.1 Å². The SMILES string of the molecule is CC(C)(C)c1cc(C=NCC(O)[C@@H]2O[C@@H]3OC(C(Cl)(Cl)Cl)O[C@@H]3[C@H]2O)c(O)c(C(C)(C)C)c1. The van der Waals surface area contributed by atoms with Crippen molar-refractivity contribution in [1.82, 2.24) is 0 Å². The number of aliphatic hydroxyl groups is 2. The number of aliphatic hydroxyl groups excluding tert-OH is 2. The van der Waals surface area contributed by atoms with Crippen molar-refractivity contribution in [2.75, 3.05) is 6.54 Å². The summed E-state index contributed by atoms with van der Waals surface area (Å²) >= 11 is 17.3. The molecule has 2 saturated heterocycles. The lowest BCUT2D eigenvalue weighted by Crippen LogP contribution is -2.42. The van der Waals surface area contributed by atoms with E-state index >= 15 is 0 Å². The highest BCUT2D eigenvalue weighted by Crippen LogP contribution is 2.43. The van der Waals surface area contributed by atoms with Crippen LogP contribution >= 0.6 is 34.8 Å². The number of nitrogens with zero attached hydrogens (tertiary/aromatic N) is 1. The molecule has 3 N–H and O–H groups in total. The van der Waals surface area contributed by atoms with E-state index in [1.165, 1.54) is 6.21 Å². The molecule has 0 radical (unpaired) electrons. The highest BCUT2D eigenvalue weighted by Gasteiger charge is 2.57. The summed E-state index contributed by atoms with van der Waals surface area (Å²) in [5.41, 5.74) is 2.04. The van der Waals surface area contributed by atoms with Crippen LogP contribution in [-0.4, -0.2) is 68.9 Å². The highest BCUT2D eigenvalue weighted by molar-refractivity contribution is 6.67. The number of hydrogen-bond acceptors (Lipinski definition) is 7. The predicted molar refractivity (Wildman–Crippen MR) is 129 cm³/mol. The van der Waals surface area contributed by atoms with Crippen molar-refractivity contribution in [3.8, 4) is 5.75 Å². The molecule has 7 nitrogen and oxygen atoms in total. The first kappa shape index (κ1) is 27.0. The molecule has 2 aliphatic heterocycles. The molecular formula is C23H32Cl3NO6. The summed E-state index contributed by atoms with van der Waals surface area (Å²) in [5.74, 6) is 0.153. The zero-order valence-corrected chi connectivity index (χ0v) is 21.8. The molecule has 2 unspecified atom stereocenters. The van der Waals surface area contributed by atoms with E-state index in [9.17, 15) is 15.3 Å². The van der Waals surface area contributed by atoms with Gasteiger partial charge in [-0.1, -0.05) is 82.4 Å². The number of alkyl halides is 3. The fourth-order valence-electron chi connectivity index (χ4n) is 3.81. The lowest BCUT2D eigenvalue weighted by atomic mass is 9.79. The van der Waals surface area contributed by atoms with Gasteiger partial charge in [-0.2, -0.15) is 0 Å². The minimum Gasteiger partial charge on any atom is -0.507 e. The van der Waals surface area contributed by atoms with E-state index in [1.807, 2.05) is 32.9 Å². The normalized spacial score (nSPS) is 29.6. The van der Waals surface area contributed by atoms with Crippen LogP contribution < -0.4 is 0 Å². The zero-order chi connectivity index (χ0) is 24.9. The number of benzene rings is 1. The topological polar surface area (TPSA) is 101 Å². The van der Waals surface area contributed by atoms with Gasteiger partial charge in [0, 0.05) is 17.3 Å². The molecule has 0 aromatic heterocycles. The molecule has 0 aliphatic carbocycles. The molecule has 2 heterocycles. The van der Waals surface area contributed by atoms with Gasteiger partial charge < -0.3 is 29.5 Å².